The maximum absolute atomic E-state index is 11.2. The molecule has 1 N–H and O–H groups in total. The van der Waals surface area contributed by atoms with Crippen molar-refractivity contribution in [3.05, 3.63) is 35.4 Å². The molecule has 0 aliphatic rings. The minimum atomic E-state index is -0.944. The van der Waals surface area contributed by atoms with Gasteiger partial charge in [0.25, 0.3) is 0 Å². The van der Waals surface area contributed by atoms with Crippen LogP contribution in [0.5, 0.6) is 0 Å². The number of hydrogen-bond acceptors (Lipinski definition) is 7. The summed E-state index contributed by atoms with van der Waals surface area (Å²) in [5, 5.41) is 11.3. The van der Waals surface area contributed by atoms with E-state index in [0.717, 1.165) is 16.7 Å². The topological polar surface area (TPSA) is 88.9 Å². The summed E-state index contributed by atoms with van der Waals surface area (Å²) in [6.45, 7) is 1.77. The molecule has 0 aliphatic carbocycles. The van der Waals surface area contributed by atoms with Gasteiger partial charge in [0.05, 0.1) is 6.20 Å². The van der Waals surface area contributed by atoms with Crippen LogP contribution in [0.15, 0.2) is 35.0 Å². The third-order valence-corrected chi connectivity index (χ3v) is 4.74. The fraction of sp³-hybridized carbons (Fsp3) is 0.0833. The number of thiophene rings is 1. The number of hydrogen-bond donors (Lipinski definition) is 1. The first kappa shape index (κ1) is 12.9. The minimum absolute atomic E-state index is 0.293. The Balaban J connectivity index is 2.14. The zero-order chi connectivity index (χ0) is 14.1. The Hall–Kier alpha value is -2.06. The monoisotopic (exact) mass is 304 g/mol. The Morgan fingerprint density at radius 3 is 2.85 bits per heavy atom. The van der Waals surface area contributed by atoms with Crippen LogP contribution in [0.25, 0.3) is 10.2 Å². The van der Waals surface area contributed by atoms with E-state index >= 15 is 0 Å². The van der Waals surface area contributed by atoms with Crippen molar-refractivity contribution in [2.75, 3.05) is 0 Å². The lowest BCUT2D eigenvalue weighted by Gasteiger charge is -2.01. The molecule has 3 heterocycles. The number of fused-ring (bicyclic) bond motifs is 1. The molecule has 0 unspecified atom stereocenters. The van der Waals surface area contributed by atoms with Crippen LogP contribution in [0.1, 0.15) is 15.2 Å². The molecule has 0 bridgehead atoms. The highest BCUT2D eigenvalue weighted by Crippen LogP contribution is 2.36. The predicted octanol–water partition coefficient (Wildman–Crippen LogP) is 2.64. The molecule has 3 aromatic heterocycles. The smallest absolute Gasteiger partial charge is 0.346 e. The number of carbonyl (C=O) groups is 1. The Labute approximate surface area is 121 Å². The van der Waals surface area contributed by atoms with Crippen molar-refractivity contribution in [2.24, 2.45) is 0 Å². The summed E-state index contributed by atoms with van der Waals surface area (Å²) in [5.41, 5.74) is 0.685. The van der Waals surface area contributed by atoms with E-state index in [-0.39, 0.29) is 0 Å². The number of carboxylic acid groups (broad SMARTS) is 1. The van der Waals surface area contributed by atoms with Crippen LogP contribution < -0.4 is 0 Å². The molecule has 0 fully saturated rings. The van der Waals surface area contributed by atoms with Crippen LogP contribution in [0, 0.1) is 6.92 Å². The van der Waals surface area contributed by atoms with Gasteiger partial charge in [0.1, 0.15) is 26.1 Å². The van der Waals surface area contributed by atoms with Crippen LogP contribution in [0.3, 0.4) is 0 Å². The van der Waals surface area contributed by atoms with Crippen LogP contribution in [-0.2, 0) is 0 Å². The number of aryl methyl sites for hydroxylation is 1. The fourth-order valence-electron chi connectivity index (χ4n) is 1.76. The molecule has 0 aliphatic heterocycles. The molecule has 0 saturated carbocycles. The summed E-state index contributed by atoms with van der Waals surface area (Å²) in [7, 11) is 0. The normalized spacial score (nSPS) is 10.8. The van der Waals surface area contributed by atoms with Gasteiger partial charge in [0.15, 0.2) is 0 Å². The van der Waals surface area contributed by atoms with E-state index in [1.807, 2.05) is 0 Å². The largest absolute Gasteiger partial charge is 0.477 e. The second-order valence-electron chi connectivity index (χ2n) is 3.87. The Morgan fingerprint density at radius 1 is 1.30 bits per heavy atom. The van der Waals surface area contributed by atoms with Crippen molar-refractivity contribution in [1.29, 1.82) is 0 Å². The predicted molar refractivity (Wildman–Crippen MR) is 75.3 cm³/mol. The second-order valence-corrected chi connectivity index (χ2v) is 5.87. The highest BCUT2D eigenvalue weighted by molar-refractivity contribution is 7.99. The quantitative estimate of drug-likeness (QED) is 0.744. The molecule has 3 rings (SSSR count). The van der Waals surface area contributed by atoms with Gasteiger partial charge >= 0.3 is 5.97 Å². The van der Waals surface area contributed by atoms with E-state index in [1.54, 1.807) is 25.5 Å². The summed E-state index contributed by atoms with van der Waals surface area (Å²) in [6.07, 6.45) is 6.27. The summed E-state index contributed by atoms with van der Waals surface area (Å²) in [6, 6.07) is 0. The lowest BCUT2D eigenvalue weighted by molar-refractivity contribution is 0.0701. The van der Waals surface area contributed by atoms with Gasteiger partial charge in [-0.05, 0) is 24.2 Å². The molecule has 0 spiro atoms. The number of aromatic carboxylic acids is 1. The summed E-state index contributed by atoms with van der Waals surface area (Å²) in [5.74, 6) is -0.944. The van der Waals surface area contributed by atoms with E-state index < -0.39 is 5.97 Å². The SMILES string of the molecule is Cc1c(C(=O)O)sc2ncnc(Sc3cnccn3)c12. The molecular weight excluding hydrogens is 296 g/mol. The van der Waals surface area contributed by atoms with E-state index in [9.17, 15) is 9.90 Å². The molecule has 0 aromatic carbocycles. The van der Waals surface area contributed by atoms with Crippen molar-refractivity contribution in [2.45, 2.75) is 17.0 Å². The van der Waals surface area contributed by atoms with Crippen LogP contribution in [0.4, 0.5) is 0 Å². The lowest BCUT2D eigenvalue weighted by Crippen LogP contribution is -1.94. The average Bonchev–Trinajstić information content (AvgIpc) is 2.79. The first-order valence-electron chi connectivity index (χ1n) is 5.58. The highest BCUT2D eigenvalue weighted by atomic mass is 32.2. The van der Waals surface area contributed by atoms with Gasteiger partial charge in [0.2, 0.25) is 0 Å². The molecule has 8 heteroatoms. The van der Waals surface area contributed by atoms with Gasteiger partial charge in [-0.2, -0.15) is 0 Å². The maximum atomic E-state index is 11.2. The maximum Gasteiger partial charge on any atom is 0.346 e. The molecule has 20 heavy (non-hydrogen) atoms. The summed E-state index contributed by atoms with van der Waals surface area (Å²) in [4.78, 5) is 28.7. The third kappa shape index (κ3) is 2.23. The fourth-order valence-corrected chi connectivity index (χ4v) is 3.69. The number of carboxylic acids is 1. The molecule has 6 nitrogen and oxygen atoms in total. The van der Waals surface area contributed by atoms with Crippen molar-refractivity contribution < 1.29 is 9.90 Å². The second kappa shape index (κ2) is 5.14. The van der Waals surface area contributed by atoms with Crippen LogP contribution >= 0.6 is 23.1 Å². The highest BCUT2D eigenvalue weighted by Gasteiger charge is 2.19. The third-order valence-electron chi connectivity index (χ3n) is 2.63. The average molecular weight is 304 g/mol. The Bertz CT molecular complexity index is 789. The van der Waals surface area contributed by atoms with Gasteiger partial charge in [-0.3, -0.25) is 4.98 Å². The van der Waals surface area contributed by atoms with Crippen molar-refractivity contribution in [3.63, 3.8) is 0 Å². The molecule has 100 valence electrons. The van der Waals surface area contributed by atoms with Crippen molar-refractivity contribution in [3.8, 4) is 0 Å². The van der Waals surface area contributed by atoms with Gasteiger partial charge < -0.3 is 5.11 Å². The van der Waals surface area contributed by atoms with Crippen LogP contribution in [-0.4, -0.2) is 31.0 Å². The molecule has 3 aromatic rings. The number of aromatic nitrogens is 4. The van der Waals surface area contributed by atoms with Gasteiger partial charge in [-0.1, -0.05) is 0 Å². The first-order chi connectivity index (χ1) is 9.66. The molecule has 0 atom stereocenters. The summed E-state index contributed by atoms with van der Waals surface area (Å²) < 4.78 is 0. The van der Waals surface area contributed by atoms with Gasteiger partial charge in [-0.15, -0.1) is 11.3 Å². The lowest BCUT2D eigenvalue weighted by atomic mass is 10.2. The summed E-state index contributed by atoms with van der Waals surface area (Å²) >= 11 is 2.50. The molecule has 0 radical (unpaired) electrons. The van der Waals surface area contributed by atoms with Gasteiger partial charge in [-0.25, -0.2) is 19.7 Å². The van der Waals surface area contributed by atoms with Crippen molar-refractivity contribution in [1.82, 2.24) is 19.9 Å². The van der Waals surface area contributed by atoms with Crippen molar-refractivity contribution >= 4 is 39.3 Å². The number of rotatable bonds is 3. The van der Waals surface area contributed by atoms with E-state index in [4.69, 9.17) is 0 Å². The van der Waals surface area contributed by atoms with Crippen LogP contribution in [0.2, 0.25) is 0 Å². The molecular formula is C12H8N4O2S2. The minimum Gasteiger partial charge on any atom is -0.477 e. The Morgan fingerprint density at radius 2 is 2.15 bits per heavy atom. The first-order valence-corrected chi connectivity index (χ1v) is 7.21. The Kier molecular flexibility index (Phi) is 3.33. The van der Waals surface area contributed by atoms with E-state index in [0.29, 0.717) is 25.3 Å². The van der Waals surface area contributed by atoms with Gasteiger partial charge in [0, 0.05) is 17.8 Å². The van der Waals surface area contributed by atoms with E-state index in [1.165, 1.54) is 18.1 Å². The van der Waals surface area contributed by atoms with E-state index in [2.05, 4.69) is 19.9 Å². The molecule has 0 amide bonds. The molecule has 0 saturated heterocycles. The zero-order valence-corrected chi connectivity index (χ0v) is 11.9. The zero-order valence-electron chi connectivity index (χ0n) is 10.3. The number of nitrogens with zero attached hydrogens (tertiary/aromatic N) is 4. The standard InChI is InChI=1S/C12H8N4O2S2/c1-6-8-10(19-7-4-13-2-3-14-7)15-5-16-11(8)20-9(6)12(17)18/h2-5H,1H3,(H,17,18).